The Hall–Kier alpha value is -1.44. The van der Waals surface area contributed by atoms with Crippen molar-refractivity contribution in [3.05, 3.63) is 30.1 Å². The Morgan fingerprint density at radius 3 is 2.76 bits per heavy atom. The molecule has 0 fully saturated rings. The van der Waals surface area contributed by atoms with E-state index in [1.54, 1.807) is 0 Å². The zero-order valence-corrected chi connectivity index (χ0v) is 13.6. The number of nitrogens with one attached hydrogen (secondary N) is 1. The molecule has 0 saturated heterocycles. The van der Waals surface area contributed by atoms with E-state index >= 15 is 0 Å². The maximum Gasteiger partial charge on any atom is 0.103 e. The highest BCUT2D eigenvalue weighted by atomic mass is 15.1. The second-order valence-corrected chi connectivity index (χ2v) is 5.81. The maximum atomic E-state index is 9.21. The molecule has 0 aliphatic carbocycles. The van der Waals surface area contributed by atoms with Gasteiger partial charge >= 0.3 is 0 Å². The van der Waals surface area contributed by atoms with E-state index in [9.17, 15) is 5.26 Å². The van der Waals surface area contributed by atoms with Crippen LogP contribution in [0.25, 0.3) is 0 Å². The van der Waals surface area contributed by atoms with Crippen LogP contribution in [0.2, 0.25) is 0 Å². The summed E-state index contributed by atoms with van der Waals surface area (Å²) in [5, 5.41) is 12.5. The summed E-state index contributed by atoms with van der Waals surface area (Å²) in [5.41, 5.74) is 0.773. The third-order valence-corrected chi connectivity index (χ3v) is 3.76. The molecule has 0 aromatic carbocycles. The summed E-state index contributed by atoms with van der Waals surface area (Å²) in [4.78, 5) is 6.68. The Kier molecular flexibility index (Phi) is 7.96. The van der Waals surface area contributed by atoms with Gasteiger partial charge in [-0.15, -0.1) is 0 Å². The molecule has 1 N–H and O–H groups in total. The minimum absolute atomic E-state index is 0.374. The van der Waals surface area contributed by atoms with Gasteiger partial charge in [0.05, 0.1) is 6.07 Å². The first kappa shape index (κ1) is 17.6. The van der Waals surface area contributed by atoms with Crippen molar-refractivity contribution < 1.29 is 0 Å². The molecule has 0 spiro atoms. The Morgan fingerprint density at radius 1 is 1.33 bits per heavy atom. The van der Waals surface area contributed by atoms with E-state index in [4.69, 9.17) is 0 Å². The number of pyridine rings is 1. The van der Waals surface area contributed by atoms with E-state index < -0.39 is 0 Å². The van der Waals surface area contributed by atoms with Crippen LogP contribution in [0.15, 0.2) is 24.4 Å². The Bertz CT molecular complexity index is 426. The van der Waals surface area contributed by atoms with Gasteiger partial charge in [-0.05, 0) is 58.5 Å². The Balaban J connectivity index is 2.16. The molecule has 21 heavy (non-hydrogen) atoms. The normalized spacial score (nSPS) is 13.9. The highest BCUT2D eigenvalue weighted by Crippen LogP contribution is 2.12. The second-order valence-electron chi connectivity index (χ2n) is 5.81. The fourth-order valence-corrected chi connectivity index (χ4v) is 2.40. The van der Waals surface area contributed by atoms with Gasteiger partial charge in [0.25, 0.3) is 0 Å². The van der Waals surface area contributed by atoms with E-state index in [1.165, 1.54) is 0 Å². The molecule has 0 radical (unpaired) electrons. The summed E-state index contributed by atoms with van der Waals surface area (Å²) in [7, 11) is 2.15. The third-order valence-electron chi connectivity index (χ3n) is 3.76. The van der Waals surface area contributed by atoms with Crippen molar-refractivity contribution in [2.45, 2.75) is 45.1 Å². The minimum atomic E-state index is -0.374. The second kappa shape index (κ2) is 9.49. The van der Waals surface area contributed by atoms with E-state index in [2.05, 4.69) is 34.4 Å². The summed E-state index contributed by atoms with van der Waals surface area (Å²) in [6.07, 6.45) is 5.95. The average molecular weight is 288 g/mol. The smallest absolute Gasteiger partial charge is 0.103 e. The number of nitrogens with zero attached hydrogens (tertiary/aromatic N) is 3. The number of likely N-dealkylation sites (N-methyl/N-ethyl adjacent to an activating group) is 1. The molecule has 0 saturated carbocycles. The van der Waals surface area contributed by atoms with Gasteiger partial charge in [-0.1, -0.05) is 13.0 Å². The summed E-state index contributed by atoms with van der Waals surface area (Å²) in [6.45, 7) is 6.97. The molecule has 1 unspecified atom stereocenters. The monoisotopic (exact) mass is 288 g/mol. The van der Waals surface area contributed by atoms with Gasteiger partial charge in [0, 0.05) is 24.9 Å². The van der Waals surface area contributed by atoms with Gasteiger partial charge in [0.2, 0.25) is 0 Å². The van der Waals surface area contributed by atoms with Gasteiger partial charge in [-0.2, -0.15) is 5.26 Å². The van der Waals surface area contributed by atoms with Crippen LogP contribution < -0.4 is 5.32 Å². The maximum absolute atomic E-state index is 9.21. The van der Waals surface area contributed by atoms with Crippen LogP contribution in [-0.2, 0) is 6.42 Å². The molecule has 1 heterocycles. The molecule has 0 bridgehead atoms. The molecule has 0 aliphatic heterocycles. The predicted octanol–water partition coefficient (Wildman–Crippen LogP) is 2.62. The van der Waals surface area contributed by atoms with Crippen LogP contribution in [0.4, 0.5) is 0 Å². The van der Waals surface area contributed by atoms with E-state index in [0.29, 0.717) is 0 Å². The number of hydrogen-bond acceptors (Lipinski definition) is 4. The highest BCUT2D eigenvalue weighted by Gasteiger charge is 2.21. The Morgan fingerprint density at radius 2 is 2.14 bits per heavy atom. The Labute approximate surface area is 129 Å². The van der Waals surface area contributed by atoms with Crippen molar-refractivity contribution >= 4 is 0 Å². The summed E-state index contributed by atoms with van der Waals surface area (Å²) >= 11 is 0. The highest BCUT2D eigenvalue weighted by molar-refractivity contribution is 5.04. The number of unbranched alkanes of at least 4 members (excludes halogenated alkanes) is 1. The van der Waals surface area contributed by atoms with Crippen LogP contribution in [0.1, 0.15) is 38.8 Å². The van der Waals surface area contributed by atoms with Gasteiger partial charge in [-0.25, -0.2) is 0 Å². The lowest BCUT2D eigenvalue weighted by atomic mass is 9.96. The van der Waals surface area contributed by atoms with Crippen molar-refractivity contribution in [2.75, 3.05) is 26.7 Å². The molecule has 4 heteroatoms. The molecule has 1 aromatic heterocycles. The van der Waals surface area contributed by atoms with E-state index in [1.807, 2.05) is 32.2 Å². The molecule has 4 nitrogen and oxygen atoms in total. The van der Waals surface area contributed by atoms with Gasteiger partial charge < -0.3 is 4.90 Å². The minimum Gasteiger partial charge on any atom is -0.306 e. The van der Waals surface area contributed by atoms with E-state index in [0.717, 1.165) is 51.0 Å². The van der Waals surface area contributed by atoms with Crippen molar-refractivity contribution in [2.24, 2.45) is 0 Å². The van der Waals surface area contributed by atoms with Crippen LogP contribution in [-0.4, -0.2) is 42.1 Å². The molecule has 1 aromatic rings. The van der Waals surface area contributed by atoms with E-state index in [-0.39, 0.29) is 5.54 Å². The zero-order chi connectivity index (χ0) is 15.6. The van der Waals surface area contributed by atoms with Crippen LogP contribution in [0, 0.1) is 11.3 Å². The molecular formula is C17H28N4. The van der Waals surface area contributed by atoms with Crippen molar-refractivity contribution in [3.8, 4) is 6.07 Å². The standard InChI is InChI=1S/C17H28N4/c1-4-20-17(2,15-18)11-6-8-13-21(3)14-10-16-9-5-7-12-19-16/h5,7,9,12,20H,4,6,8,10-11,13-14H2,1-3H3. The lowest BCUT2D eigenvalue weighted by Crippen LogP contribution is -2.40. The van der Waals surface area contributed by atoms with Crippen molar-refractivity contribution in [1.29, 1.82) is 5.26 Å². The van der Waals surface area contributed by atoms with Crippen LogP contribution in [0.3, 0.4) is 0 Å². The largest absolute Gasteiger partial charge is 0.306 e. The quantitative estimate of drug-likeness (QED) is 0.672. The van der Waals surface area contributed by atoms with Gasteiger partial charge in [-0.3, -0.25) is 10.3 Å². The summed E-state index contributed by atoms with van der Waals surface area (Å²) in [5.74, 6) is 0. The molecule has 1 rings (SSSR count). The fraction of sp³-hybridized carbons (Fsp3) is 0.647. The van der Waals surface area contributed by atoms with Crippen molar-refractivity contribution in [1.82, 2.24) is 15.2 Å². The first-order chi connectivity index (χ1) is 10.1. The summed E-state index contributed by atoms with van der Waals surface area (Å²) < 4.78 is 0. The lowest BCUT2D eigenvalue weighted by molar-refractivity contribution is 0.317. The van der Waals surface area contributed by atoms with Gasteiger partial charge in [0.15, 0.2) is 0 Å². The lowest BCUT2D eigenvalue weighted by Gasteiger charge is -2.23. The topological polar surface area (TPSA) is 52.0 Å². The molecule has 116 valence electrons. The number of rotatable bonds is 10. The molecule has 0 aliphatic rings. The zero-order valence-electron chi connectivity index (χ0n) is 13.6. The number of aromatic nitrogens is 1. The molecular weight excluding hydrogens is 260 g/mol. The summed E-state index contributed by atoms with van der Waals surface area (Å²) in [6, 6.07) is 8.43. The number of nitriles is 1. The number of hydrogen-bond donors (Lipinski definition) is 1. The van der Waals surface area contributed by atoms with Crippen LogP contribution >= 0.6 is 0 Å². The SMILES string of the molecule is CCNC(C)(C#N)CCCCN(C)CCc1ccccn1. The van der Waals surface area contributed by atoms with Gasteiger partial charge in [0.1, 0.15) is 5.54 Å². The van der Waals surface area contributed by atoms with Crippen molar-refractivity contribution in [3.63, 3.8) is 0 Å². The predicted molar refractivity (Wildman–Crippen MR) is 87.0 cm³/mol. The molecule has 1 atom stereocenters. The van der Waals surface area contributed by atoms with Crippen LogP contribution in [0.5, 0.6) is 0 Å². The third kappa shape index (κ3) is 7.22. The fourth-order valence-electron chi connectivity index (χ4n) is 2.40. The average Bonchev–Trinajstić information content (AvgIpc) is 2.51. The molecule has 0 amide bonds. The first-order valence-corrected chi connectivity index (χ1v) is 7.84. The first-order valence-electron chi connectivity index (χ1n) is 7.84.